The van der Waals surface area contributed by atoms with E-state index in [4.69, 9.17) is 23.4 Å². The van der Waals surface area contributed by atoms with E-state index >= 15 is 0 Å². The molecule has 0 atom stereocenters. The van der Waals surface area contributed by atoms with Crippen molar-refractivity contribution in [2.45, 2.75) is 45.4 Å². The second kappa shape index (κ2) is 14.8. The van der Waals surface area contributed by atoms with Crippen LogP contribution < -0.4 is 24.6 Å². The smallest absolute Gasteiger partial charge is 0.336 e. The van der Waals surface area contributed by atoms with Crippen LogP contribution in [0.5, 0.6) is 23.0 Å². The van der Waals surface area contributed by atoms with Gasteiger partial charge in [0, 0.05) is 23.6 Å². The lowest BCUT2D eigenvalue weighted by Gasteiger charge is -2.08. The fourth-order valence-electron chi connectivity index (χ4n) is 4.48. The summed E-state index contributed by atoms with van der Waals surface area (Å²) in [5, 5.41) is 0.937. The maximum absolute atomic E-state index is 11.6. The molecule has 1 aromatic heterocycles. The van der Waals surface area contributed by atoms with Crippen LogP contribution >= 0.6 is 0 Å². The summed E-state index contributed by atoms with van der Waals surface area (Å²) in [6.07, 6.45) is 10.8. The summed E-state index contributed by atoms with van der Waals surface area (Å²) in [4.78, 5) is 11.6. The molecule has 4 aromatic rings. The number of hydrogen-bond donors (Lipinski definition) is 0. The molecule has 0 aliphatic carbocycles. The van der Waals surface area contributed by atoms with Crippen LogP contribution in [-0.4, -0.2) is 27.4 Å². The number of ether oxygens (including phenoxy) is 4. The minimum absolute atomic E-state index is 0.332. The summed E-state index contributed by atoms with van der Waals surface area (Å²) < 4.78 is 27.7. The molecule has 0 radical (unpaired) electrons. The highest BCUT2D eigenvalue weighted by Crippen LogP contribution is 2.25. The standard InChI is InChI=1S/C34H38O6/c1-25-20-34(35)40-33-24-29(16-17-32(25)33)39-19-9-7-5-4-6-8-18-38-28-14-12-26(13-15-28)10-11-27-21-30(36-2)23-31(22-27)37-3/h10-17,20-24H,4-9,18-19H2,1-3H3/b11-10+. The van der Waals surface area contributed by atoms with Crippen LogP contribution in [-0.2, 0) is 0 Å². The zero-order valence-electron chi connectivity index (χ0n) is 23.6. The van der Waals surface area contributed by atoms with Crippen molar-refractivity contribution in [3.05, 3.63) is 93.8 Å². The summed E-state index contributed by atoms with van der Waals surface area (Å²) in [7, 11) is 3.30. The maximum Gasteiger partial charge on any atom is 0.336 e. The fourth-order valence-corrected chi connectivity index (χ4v) is 4.48. The summed E-state index contributed by atoms with van der Waals surface area (Å²) in [6, 6.07) is 21.1. The number of rotatable bonds is 15. The lowest BCUT2D eigenvalue weighted by Crippen LogP contribution is -2.00. The van der Waals surface area contributed by atoms with Crippen LogP contribution in [0.3, 0.4) is 0 Å². The third kappa shape index (κ3) is 8.67. The van der Waals surface area contributed by atoms with Crippen LogP contribution in [0, 0.1) is 6.92 Å². The lowest BCUT2D eigenvalue weighted by atomic mass is 10.1. The van der Waals surface area contributed by atoms with Gasteiger partial charge in [0.05, 0.1) is 27.4 Å². The molecule has 6 nitrogen and oxygen atoms in total. The Labute approximate surface area is 236 Å². The van der Waals surface area contributed by atoms with Gasteiger partial charge in [0.1, 0.15) is 28.6 Å². The van der Waals surface area contributed by atoms with E-state index in [1.807, 2.05) is 55.5 Å². The second-order valence-electron chi connectivity index (χ2n) is 9.77. The molecule has 40 heavy (non-hydrogen) atoms. The Morgan fingerprint density at radius 3 is 1.85 bits per heavy atom. The van der Waals surface area contributed by atoms with Gasteiger partial charge in [-0.2, -0.15) is 0 Å². The first kappa shape index (κ1) is 28.8. The Morgan fingerprint density at radius 2 is 1.20 bits per heavy atom. The SMILES string of the molecule is COc1cc(/C=C/c2ccc(OCCCCCCCCOc3ccc4c(C)cc(=O)oc4c3)cc2)cc(OC)c1. The van der Waals surface area contributed by atoms with Crippen molar-refractivity contribution >= 4 is 23.1 Å². The summed E-state index contributed by atoms with van der Waals surface area (Å²) >= 11 is 0. The van der Waals surface area contributed by atoms with Crippen molar-refractivity contribution in [2.24, 2.45) is 0 Å². The Bertz CT molecular complexity index is 1430. The van der Waals surface area contributed by atoms with Crippen LogP contribution in [0.4, 0.5) is 0 Å². The van der Waals surface area contributed by atoms with E-state index in [1.165, 1.54) is 18.9 Å². The molecule has 0 saturated heterocycles. The fraction of sp³-hybridized carbons (Fsp3) is 0.324. The molecule has 0 N–H and O–H groups in total. The maximum atomic E-state index is 11.6. The first-order chi connectivity index (χ1) is 19.5. The molecular weight excluding hydrogens is 504 g/mol. The van der Waals surface area contributed by atoms with E-state index in [-0.39, 0.29) is 5.63 Å². The minimum atomic E-state index is -0.332. The van der Waals surface area contributed by atoms with Gasteiger partial charge in [-0.3, -0.25) is 0 Å². The van der Waals surface area contributed by atoms with Gasteiger partial charge in [0.15, 0.2) is 0 Å². The minimum Gasteiger partial charge on any atom is -0.497 e. The highest BCUT2D eigenvalue weighted by atomic mass is 16.5. The van der Waals surface area contributed by atoms with Crippen molar-refractivity contribution in [3.63, 3.8) is 0 Å². The summed E-state index contributed by atoms with van der Waals surface area (Å²) in [5.74, 6) is 3.16. The number of fused-ring (bicyclic) bond motifs is 1. The van der Waals surface area contributed by atoms with Crippen molar-refractivity contribution in [1.29, 1.82) is 0 Å². The molecule has 0 amide bonds. The van der Waals surface area contributed by atoms with Crippen LogP contribution in [0.2, 0.25) is 0 Å². The van der Waals surface area contributed by atoms with E-state index in [0.29, 0.717) is 12.2 Å². The van der Waals surface area contributed by atoms with Gasteiger partial charge in [0.25, 0.3) is 0 Å². The van der Waals surface area contributed by atoms with E-state index in [2.05, 4.69) is 18.2 Å². The van der Waals surface area contributed by atoms with Crippen molar-refractivity contribution in [3.8, 4) is 23.0 Å². The van der Waals surface area contributed by atoms with Gasteiger partial charge in [0.2, 0.25) is 0 Å². The average molecular weight is 543 g/mol. The first-order valence-electron chi connectivity index (χ1n) is 13.9. The van der Waals surface area contributed by atoms with Gasteiger partial charge in [-0.05, 0) is 72.9 Å². The van der Waals surface area contributed by atoms with Crippen LogP contribution in [0.1, 0.15) is 55.2 Å². The predicted octanol–water partition coefficient (Wildman–Crippen LogP) is 8.09. The van der Waals surface area contributed by atoms with Gasteiger partial charge < -0.3 is 23.4 Å². The third-order valence-corrected chi connectivity index (χ3v) is 6.72. The number of methoxy groups -OCH3 is 2. The predicted molar refractivity (Wildman–Crippen MR) is 161 cm³/mol. The molecule has 6 heteroatoms. The normalized spacial score (nSPS) is 11.2. The molecule has 0 saturated carbocycles. The second-order valence-corrected chi connectivity index (χ2v) is 9.77. The number of unbranched alkanes of at least 4 members (excludes halogenated alkanes) is 5. The Morgan fingerprint density at radius 1 is 0.625 bits per heavy atom. The summed E-state index contributed by atoms with van der Waals surface area (Å²) in [6.45, 7) is 3.29. The Balaban J connectivity index is 1.07. The molecule has 210 valence electrons. The van der Waals surface area contributed by atoms with E-state index in [0.717, 1.165) is 77.4 Å². The largest absolute Gasteiger partial charge is 0.497 e. The summed E-state index contributed by atoms with van der Waals surface area (Å²) in [5.41, 5.74) is 3.27. The van der Waals surface area contributed by atoms with Gasteiger partial charge >= 0.3 is 5.63 Å². The molecule has 4 rings (SSSR count). The van der Waals surface area contributed by atoms with Crippen molar-refractivity contribution in [1.82, 2.24) is 0 Å². The topological polar surface area (TPSA) is 67.1 Å². The van der Waals surface area contributed by atoms with Crippen molar-refractivity contribution < 1.29 is 23.4 Å². The highest BCUT2D eigenvalue weighted by Gasteiger charge is 2.04. The van der Waals surface area contributed by atoms with E-state index in [9.17, 15) is 4.79 Å². The van der Waals surface area contributed by atoms with Crippen molar-refractivity contribution in [2.75, 3.05) is 27.4 Å². The van der Waals surface area contributed by atoms with Crippen LogP contribution in [0.15, 0.2) is 75.9 Å². The molecule has 0 aliphatic rings. The molecule has 3 aromatic carbocycles. The highest BCUT2D eigenvalue weighted by molar-refractivity contribution is 5.81. The molecule has 0 fully saturated rings. The molecule has 0 spiro atoms. The van der Waals surface area contributed by atoms with Gasteiger partial charge in [-0.25, -0.2) is 4.79 Å². The zero-order chi connectivity index (χ0) is 28.2. The first-order valence-corrected chi connectivity index (χ1v) is 13.9. The Hall–Kier alpha value is -4.19. The number of hydrogen-bond acceptors (Lipinski definition) is 6. The van der Waals surface area contributed by atoms with E-state index in [1.54, 1.807) is 20.3 Å². The molecule has 0 bridgehead atoms. The molecular formula is C34H38O6. The zero-order valence-corrected chi connectivity index (χ0v) is 23.6. The quantitative estimate of drug-likeness (QED) is 0.0859. The van der Waals surface area contributed by atoms with Crippen LogP contribution in [0.25, 0.3) is 23.1 Å². The molecule has 0 aliphatic heterocycles. The third-order valence-electron chi connectivity index (χ3n) is 6.72. The number of aryl methyl sites for hydroxylation is 1. The monoisotopic (exact) mass is 542 g/mol. The average Bonchev–Trinajstić information content (AvgIpc) is 2.97. The Kier molecular flexibility index (Phi) is 10.7. The van der Waals surface area contributed by atoms with Gasteiger partial charge in [-0.15, -0.1) is 0 Å². The molecule has 1 heterocycles. The lowest BCUT2D eigenvalue weighted by molar-refractivity contribution is 0.297. The van der Waals surface area contributed by atoms with E-state index < -0.39 is 0 Å². The van der Waals surface area contributed by atoms with Gasteiger partial charge in [-0.1, -0.05) is 50.0 Å². The molecule has 0 unspecified atom stereocenters. The number of benzene rings is 3.